The first-order valence-electron chi connectivity index (χ1n) is 6.69. The fraction of sp³-hybridized carbons (Fsp3) is 1.00. The smallest absolute Gasteiger partial charge is 0.0686 e. The summed E-state index contributed by atoms with van der Waals surface area (Å²) in [5, 5.41) is 0. The molecule has 2 aliphatic heterocycles. The van der Waals surface area contributed by atoms with Crippen molar-refractivity contribution in [2.24, 2.45) is 5.92 Å². The Morgan fingerprint density at radius 1 is 0.714 bits per heavy atom. The summed E-state index contributed by atoms with van der Waals surface area (Å²) in [6.07, 6.45) is 13.4. The lowest BCUT2D eigenvalue weighted by Crippen LogP contribution is -2.18. The third kappa shape index (κ3) is 3.03. The third-order valence-corrected chi connectivity index (χ3v) is 4.24. The molecular weight excluding hydrogens is 167 g/mol. The van der Waals surface area contributed by atoms with Crippen molar-refractivity contribution in [2.75, 3.05) is 0 Å². The standard InChI is InChI=1S/C13H24B/c1-11-5-2-7-12-9-4-10-13(14-12)8-3-6-11/h11-13H,2-10H2,1H3. The highest BCUT2D eigenvalue weighted by atomic mass is 14.2. The van der Waals surface area contributed by atoms with Crippen LogP contribution in [0.3, 0.4) is 0 Å². The van der Waals surface area contributed by atoms with E-state index in [4.69, 9.17) is 0 Å². The summed E-state index contributed by atoms with van der Waals surface area (Å²) in [4.78, 5) is 0. The van der Waals surface area contributed by atoms with Gasteiger partial charge < -0.3 is 0 Å². The summed E-state index contributed by atoms with van der Waals surface area (Å²) in [7, 11) is 2.71. The topological polar surface area (TPSA) is 0 Å². The van der Waals surface area contributed by atoms with Crippen LogP contribution in [0.1, 0.15) is 64.7 Å². The van der Waals surface area contributed by atoms with Gasteiger partial charge in [-0.2, -0.15) is 0 Å². The number of hydrogen-bond acceptors (Lipinski definition) is 0. The van der Waals surface area contributed by atoms with Crippen LogP contribution < -0.4 is 0 Å². The Morgan fingerprint density at radius 2 is 1.14 bits per heavy atom. The minimum atomic E-state index is 0.985. The van der Waals surface area contributed by atoms with Crippen LogP contribution >= 0.6 is 0 Å². The van der Waals surface area contributed by atoms with Gasteiger partial charge in [-0.25, -0.2) is 0 Å². The van der Waals surface area contributed by atoms with Crippen LogP contribution in [-0.4, -0.2) is 7.28 Å². The molecule has 14 heavy (non-hydrogen) atoms. The Bertz CT molecular complexity index is 151. The maximum Gasteiger partial charge on any atom is 0.117 e. The molecular formula is C13H24B. The van der Waals surface area contributed by atoms with Gasteiger partial charge in [0.05, 0.1) is 0 Å². The zero-order valence-electron chi connectivity index (χ0n) is 9.67. The molecule has 0 aromatic heterocycles. The van der Waals surface area contributed by atoms with Crippen LogP contribution in [0.25, 0.3) is 0 Å². The van der Waals surface area contributed by atoms with Gasteiger partial charge in [0.1, 0.15) is 7.28 Å². The fourth-order valence-electron chi connectivity index (χ4n) is 3.30. The normalized spacial score (nSPS) is 39.9. The highest BCUT2D eigenvalue weighted by Crippen LogP contribution is 2.38. The van der Waals surface area contributed by atoms with Gasteiger partial charge in [0.25, 0.3) is 0 Å². The van der Waals surface area contributed by atoms with E-state index < -0.39 is 0 Å². The molecule has 2 rings (SSSR count). The van der Waals surface area contributed by atoms with E-state index >= 15 is 0 Å². The second kappa shape index (κ2) is 5.23. The Labute approximate surface area is 90.1 Å². The van der Waals surface area contributed by atoms with Gasteiger partial charge in [-0.3, -0.25) is 0 Å². The maximum atomic E-state index is 2.71. The van der Waals surface area contributed by atoms with Crippen LogP contribution in [-0.2, 0) is 0 Å². The first kappa shape index (κ1) is 10.6. The zero-order chi connectivity index (χ0) is 9.80. The first-order valence-corrected chi connectivity index (χ1v) is 6.69. The lowest BCUT2D eigenvalue weighted by Gasteiger charge is -2.30. The third-order valence-electron chi connectivity index (χ3n) is 4.24. The molecule has 0 nitrogen and oxygen atoms in total. The predicted octanol–water partition coefficient (Wildman–Crippen LogP) is 4.44. The predicted molar refractivity (Wildman–Crippen MR) is 64.0 cm³/mol. The SMILES string of the molecule is CC1CCCC2[B]C(CCC1)CCC2. The molecule has 0 aliphatic carbocycles. The summed E-state index contributed by atoms with van der Waals surface area (Å²) >= 11 is 0. The van der Waals surface area contributed by atoms with Crippen LogP contribution in [0.2, 0.25) is 11.6 Å². The van der Waals surface area contributed by atoms with E-state index in [0.29, 0.717) is 0 Å². The number of fused-ring (bicyclic) bond motifs is 2. The van der Waals surface area contributed by atoms with Gasteiger partial charge in [0.15, 0.2) is 0 Å². The Hall–Kier alpha value is 0.0649. The molecule has 2 fully saturated rings. The lowest BCUT2D eigenvalue weighted by atomic mass is 9.47. The zero-order valence-corrected chi connectivity index (χ0v) is 9.67. The minimum Gasteiger partial charge on any atom is -0.0686 e. The molecule has 2 saturated heterocycles. The van der Waals surface area contributed by atoms with E-state index in [9.17, 15) is 0 Å². The molecule has 0 aromatic carbocycles. The molecule has 2 bridgehead atoms. The largest absolute Gasteiger partial charge is 0.117 e. The van der Waals surface area contributed by atoms with Crippen LogP contribution in [0, 0.1) is 5.92 Å². The van der Waals surface area contributed by atoms with E-state index in [0.717, 1.165) is 17.6 Å². The molecule has 2 unspecified atom stereocenters. The highest BCUT2D eigenvalue weighted by Gasteiger charge is 2.23. The quantitative estimate of drug-likeness (QED) is 0.496. The summed E-state index contributed by atoms with van der Waals surface area (Å²) in [6.45, 7) is 2.45. The molecule has 2 heterocycles. The van der Waals surface area contributed by atoms with Crippen molar-refractivity contribution in [1.29, 1.82) is 0 Å². The van der Waals surface area contributed by atoms with Crippen molar-refractivity contribution >= 4 is 7.28 Å². The minimum absolute atomic E-state index is 0.985. The molecule has 0 saturated carbocycles. The molecule has 79 valence electrons. The van der Waals surface area contributed by atoms with Gasteiger partial charge >= 0.3 is 0 Å². The Kier molecular flexibility index (Phi) is 3.95. The van der Waals surface area contributed by atoms with Crippen molar-refractivity contribution in [2.45, 2.75) is 76.3 Å². The average molecular weight is 191 g/mol. The van der Waals surface area contributed by atoms with Crippen molar-refractivity contribution in [3.63, 3.8) is 0 Å². The van der Waals surface area contributed by atoms with Gasteiger partial charge in [-0.1, -0.05) is 76.3 Å². The van der Waals surface area contributed by atoms with Crippen LogP contribution in [0.15, 0.2) is 0 Å². The molecule has 0 spiro atoms. The summed E-state index contributed by atoms with van der Waals surface area (Å²) in [5.74, 6) is 2.96. The molecule has 1 radical (unpaired) electrons. The summed E-state index contributed by atoms with van der Waals surface area (Å²) in [5.41, 5.74) is 0. The molecule has 0 amide bonds. The Morgan fingerprint density at radius 3 is 1.64 bits per heavy atom. The fourth-order valence-corrected chi connectivity index (χ4v) is 3.30. The second-order valence-corrected chi connectivity index (χ2v) is 5.61. The molecule has 1 heteroatoms. The first-order chi connectivity index (χ1) is 6.84. The van der Waals surface area contributed by atoms with E-state index in [2.05, 4.69) is 14.2 Å². The van der Waals surface area contributed by atoms with Crippen LogP contribution in [0.4, 0.5) is 0 Å². The van der Waals surface area contributed by atoms with E-state index in [1.54, 1.807) is 0 Å². The monoisotopic (exact) mass is 191 g/mol. The van der Waals surface area contributed by atoms with Gasteiger partial charge in [0.2, 0.25) is 0 Å². The van der Waals surface area contributed by atoms with E-state index in [1.165, 1.54) is 57.8 Å². The molecule has 0 N–H and O–H groups in total. The Balaban J connectivity index is 1.86. The van der Waals surface area contributed by atoms with Crippen LogP contribution in [0.5, 0.6) is 0 Å². The lowest BCUT2D eigenvalue weighted by molar-refractivity contribution is 0.403. The second-order valence-electron chi connectivity index (χ2n) is 5.61. The van der Waals surface area contributed by atoms with Crippen molar-refractivity contribution in [1.82, 2.24) is 0 Å². The number of hydrogen-bond donors (Lipinski definition) is 0. The molecule has 2 aliphatic rings. The van der Waals surface area contributed by atoms with Crippen molar-refractivity contribution < 1.29 is 0 Å². The van der Waals surface area contributed by atoms with Crippen molar-refractivity contribution in [3.8, 4) is 0 Å². The van der Waals surface area contributed by atoms with Crippen molar-refractivity contribution in [3.05, 3.63) is 0 Å². The number of rotatable bonds is 0. The van der Waals surface area contributed by atoms with Gasteiger partial charge in [-0.15, -0.1) is 0 Å². The molecule has 2 atom stereocenters. The summed E-state index contributed by atoms with van der Waals surface area (Å²) in [6, 6.07) is 0. The molecule has 0 aromatic rings. The average Bonchev–Trinajstić information content (AvgIpc) is 2.18. The van der Waals surface area contributed by atoms with Gasteiger partial charge in [0, 0.05) is 0 Å². The summed E-state index contributed by atoms with van der Waals surface area (Å²) < 4.78 is 0. The van der Waals surface area contributed by atoms with E-state index in [1.807, 2.05) is 0 Å². The van der Waals surface area contributed by atoms with Gasteiger partial charge in [-0.05, 0) is 5.92 Å². The maximum absolute atomic E-state index is 2.71. The van der Waals surface area contributed by atoms with E-state index in [-0.39, 0.29) is 0 Å². The highest BCUT2D eigenvalue weighted by molar-refractivity contribution is 6.39.